The molecule has 128 valence electrons. The number of hydrogen-bond acceptors (Lipinski definition) is 3. The van der Waals surface area contributed by atoms with Crippen LogP contribution in [0.5, 0.6) is 0 Å². The second-order valence-electron chi connectivity index (χ2n) is 6.32. The van der Waals surface area contributed by atoms with Gasteiger partial charge >= 0.3 is 0 Å². The van der Waals surface area contributed by atoms with Crippen molar-refractivity contribution in [3.8, 4) is 0 Å². The van der Waals surface area contributed by atoms with Crippen LogP contribution in [0.1, 0.15) is 96.8 Å². The fraction of sp³-hybridized carbons (Fsp3) is 1.00. The Hall–Kier alpha value is -0.120. The van der Waals surface area contributed by atoms with E-state index in [1.807, 2.05) is 0 Å². The van der Waals surface area contributed by atoms with E-state index < -0.39 is 12.2 Å². The van der Waals surface area contributed by atoms with Crippen molar-refractivity contribution in [3.63, 3.8) is 0 Å². The molecule has 0 saturated carbocycles. The van der Waals surface area contributed by atoms with Crippen LogP contribution in [0.4, 0.5) is 0 Å². The second kappa shape index (κ2) is 16.3. The third-order valence-electron chi connectivity index (χ3n) is 4.21. The molecule has 0 aromatic rings. The summed E-state index contributed by atoms with van der Waals surface area (Å²) in [5.41, 5.74) is 0. The number of aliphatic hydroxyl groups is 3. The third-order valence-corrected chi connectivity index (χ3v) is 4.21. The summed E-state index contributed by atoms with van der Waals surface area (Å²) in [6.07, 6.45) is 14.2. The molecule has 0 aliphatic heterocycles. The van der Waals surface area contributed by atoms with Crippen LogP contribution in [0.3, 0.4) is 0 Å². The van der Waals surface area contributed by atoms with Crippen molar-refractivity contribution >= 4 is 0 Å². The molecule has 0 fully saturated rings. The van der Waals surface area contributed by atoms with Crippen molar-refractivity contribution in [2.45, 2.75) is 109 Å². The predicted octanol–water partition coefficient (Wildman–Crippen LogP) is 4.18. The molecule has 0 spiro atoms. The Morgan fingerprint density at radius 2 is 0.952 bits per heavy atom. The second-order valence-corrected chi connectivity index (χ2v) is 6.32. The fourth-order valence-electron chi connectivity index (χ4n) is 2.69. The van der Waals surface area contributed by atoms with Crippen molar-refractivity contribution in [3.05, 3.63) is 0 Å². The normalized spacial score (nSPS) is 14.3. The maximum atomic E-state index is 9.90. The van der Waals surface area contributed by atoms with Gasteiger partial charge in [-0.2, -0.15) is 0 Å². The first-order valence-electron chi connectivity index (χ1n) is 9.19. The highest BCUT2D eigenvalue weighted by Gasteiger charge is 2.14. The SMILES string of the molecule is CCCCCCC(O)C(O)CCCCCCCCCCO. The molecule has 2 atom stereocenters. The molecule has 3 N–H and O–H groups in total. The third kappa shape index (κ3) is 14.6. The van der Waals surface area contributed by atoms with Crippen molar-refractivity contribution in [2.24, 2.45) is 0 Å². The molecule has 0 aromatic carbocycles. The predicted molar refractivity (Wildman–Crippen MR) is 89.4 cm³/mol. The molecule has 0 aliphatic carbocycles. The van der Waals surface area contributed by atoms with Crippen LogP contribution in [-0.4, -0.2) is 34.1 Å². The molecule has 0 saturated heterocycles. The van der Waals surface area contributed by atoms with Crippen LogP contribution >= 0.6 is 0 Å². The largest absolute Gasteiger partial charge is 0.396 e. The molecule has 3 heteroatoms. The Bertz CT molecular complexity index is 197. The molecule has 0 aliphatic rings. The average Bonchev–Trinajstić information content (AvgIpc) is 2.49. The molecular formula is C18H38O3. The molecule has 0 radical (unpaired) electrons. The zero-order valence-electron chi connectivity index (χ0n) is 14.1. The minimum atomic E-state index is -0.531. The van der Waals surface area contributed by atoms with Crippen molar-refractivity contribution < 1.29 is 15.3 Å². The van der Waals surface area contributed by atoms with Crippen LogP contribution in [0.25, 0.3) is 0 Å². The van der Waals surface area contributed by atoms with Gasteiger partial charge in [-0.3, -0.25) is 0 Å². The van der Waals surface area contributed by atoms with Crippen molar-refractivity contribution in [1.82, 2.24) is 0 Å². The minimum Gasteiger partial charge on any atom is -0.396 e. The lowest BCUT2D eigenvalue weighted by atomic mass is 10.00. The van der Waals surface area contributed by atoms with Gasteiger partial charge in [0.2, 0.25) is 0 Å². The first kappa shape index (κ1) is 20.9. The van der Waals surface area contributed by atoms with Gasteiger partial charge in [0.25, 0.3) is 0 Å². The van der Waals surface area contributed by atoms with E-state index >= 15 is 0 Å². The van der Waals surface area contributed by atoms with Crippen molar-refractivity contribution in [2.75, 3.05) is 6.61 Å². The van der Waals surface area contributed by atoms with Crippen LogP contribution in [0, 0.1) is 0 Å². The monoisotopic (exact) mass is 302 g/mol. The van der Waals surface area contributed by atoms with Crippen LogP contribution < -0.4 is 0 Å². The first-order chi connectivity index (χ1) is 10.2. The number of rotatable bonds is 16. The topological polar surface area (TPSA) is 60.7 Å². The van der Waals surface area contributed by atoms with E-state index in [2.05, 4.69) is 6.92 Å². The van der Waals surface area contributed by atoms with E-state index in [4.69, 9.17) is 5.11 Å². The quantitative estimate of drug-likeness (QED) is 0.375. The summed E-state index contributed by atoms with van der Waals surface area (Å²) >= 11 is 0. The van der Waals surface area contributed by atoms with E-state index in [-0.39, 0.29) is 0 Å². The summed E-state index contributed by atoms with van der Waals surface area (Å²) in [5.74, 6) is 0. The molecule has 2 unspecified atom stereocenters. The Morgan fingerprint density at radius 3 is 1.38 bits per heavy atom. The molecule has 3 nitrogen and oxygen atoms in total. The highest BCUT2D eigenvalue weighted by atomic mass is 16.3. The molecule has 21 heavy (non-hydrogen) atoms. The number of hydrogen-bond donors (Lipinski definition) is 3. The summed E-state index contributed by atoms with van der Waals surface area (Å²) < 4.78 is 0. The molecular weight excluding hydrogens is 264 g/mol. The number of aliphatic hydroxyl groups excluding tert-OH is 3. The van der Waals surface area contributed by atoms with Gasteiger partial charge in [0, 0.05) is 6.61 Å². The van der Waals surface area contributed by atoms with Crippen molar-refractivity contribution in [1.29, 1.82) is 0 Å². The smallest absolute Gasteiger partial charge is 0.0799 e. The lowest BCUT2D eigenvalue weighted by Crippen LogP contribution is -2.25. The average molecular weight is 302 g/mol. The lowest BCUT2D eigenvalue weighted by Gasteiger charge is -2.17. The summed E-state index contributed by atoms with van der Waals surface area (Å²) in [6, 6.07) is 0. The zero-order chi connectivity index (χ0) is 15.8. The fourth-order valence-corrected chi connectivity index (χ4v) is 2.69. The van der Waals surface area contributed by atoms with Crippen LogP contribution in [0.15, 0.2) is 0 Å². The van der Waals surface area contributed by atoms with E-state index in [0.29, 0.717) is 6.61 Å². The lowest BCUT2D eigenvalue weighted by molar-refractivity contribution is 0.00713. The molecule has 0 bridgehead atoms. The van der Waals surface area contributed by atoms with E-state index in [1.165, 1.54) is 38.5 Å². The molecule has 0 heterocycles. The summed E-state index contributed by atoms with van der Waals surface area (Å²) in [7, 11) is 0. The van der Waals surface area contributed by atoms with E-state index in [9.17, 15) is 10.2 Å². The van der Waals surface area contributed by atoms with Crippen LogP contribution in [0.2, 0.25) is 0 Å². The Kier molecular flexibility index (Phi) is 16.2. The van der Waals surface area contributed by atoms with Gasteiger partial charge in [-0.1, -0.05) is 77.6 Å². The van der Waals surface area contributed by atoms with Crippen LogP contribution in [-0.2, 0) is 0 Å². The van der Waals surface area contributed by atoms with Gasteiger partial charge in [0.1, 0.15) is 0 Å². The van der Waals surface area contributed by atoms with Gasteiger partial charge in [-0.05, 0) is 19.3 Å². The zero-order valence-corrected chi connectivity index (χ0v) is 14.1. The maximum Gasteiger partial charge on any atom is 0.0799 e. The molecule has 0 aromatic heterocycles. The van der Waals surface area contributed by atoms with Gasteiger partial charge in [0.05, 0.1) is 12.2 Å². The Balaban J connectivity index is 3.30. The highest BCUT2D eigenvalue weighted by Crippen LogP contribution is 2.14. The van der Waals surface area contributed by atoms with E-state index in [1.54, 1.807) is 0 Å². The Labute approximate surface area is 131 Å². The summed E-state index contributed by atoms with van der Waals surface area (Å²) in [5, 5.41) is 28.4. The summed E-state index contributed by atoms with van der Waals surface area (Å²) in [4.78, 5) is 0. The standard InChI is InChI=1S/C18H38O3/c1-2-3-4-11-14-17(20)18(21)15-12-9-7-5-6-8-10-13-16-19/h17-21H,2-16H2,1H3. The highest BCUT2D eigenvalue weighted by molar-refractivity contribution is 4.67. The molecule has 0 rings (SSSR count). The minimum absolute atomic E-state index is 0.318. The Morgan fingerprint density at radius 1 is 0.571 bits per heavy atom. The van der Waals surface area contributed by atoms with Gasteiger partial charge in [0.15, 0.2) is 0 Å². The van der Waals surface area contributed by atoms with Gasteiger partial charge in [-0.25, -0.2) is 0 Å². The van der Waals surface area contributed by atoms with Gasteiger partial charge in [-0.15, -0.1) is 0 Å². The summed E-state index contributed by atoms with van der Waals surface area (Å²) in [6.45, 7) is 2.50. The molecule has 0 amide bonds. The first-order valence-corrected chi connectivity index (χ1v) is 9.19. The van der Waals surface area contributed by atoms with Gasteiger partial charge < -0.3 is 15.3 Å². The number of unbranched alkanes of at least 4 members (excludes halogenated alkanes) is 10. The maximum absolute atomic E-state index is 9.90. The van der Waals surface area contributed by atoms with E-state index in [0.717, 1.165) is 51.4 Å².